The van der Waals surface area contributed by atoms with Gasteiger partial charge in [-0.25, -0.2) is 14.6 Å². The second-order valence-corrected chi connectivity index (χ2v) is 10.9. The zero-order valence-electron chi connectivity index (χ0n) is 23.4. The summed E-state index contributed by atoms with van der Waals surface area (Å²) in [6.07, 6.45) is 4.97. The Morgan fingerprint density at radius 2 is 1.84 bits per heavy atom. The van der Waals surface area contributed by atoms with Crippen LogP contribution >= 0.6 is 0 Å². The van der Waals surface area contributed by atoms with Crippen LogP contribution in [0.1, 0.15) is 95.1 Å². The molecule has 0 bridgehead atoms. The van der Waals surface area contributed by atoms with Crippen molar-refractivity contribution in [2.45, 2.75) is 85.9 Å². The summed E-state index contributed by atoms with van der Waals surface area (Å²) >= 11 is 0. The number of carbonyl (C=O) groups excluding carboxylic acids is 2. The molecule has 1 atom stereocenters. The van der Waals surface area contributed by atoms with E-state index >= 15 is 0 Å². The van der Waals surface area contributed by atoms with Crippen LogP contribution in [0.15, 0.2) is 18.7 Å². The summed E-state index contributed by atoms with van der Waals surface area (Å²) in [5.74, 6) is -0.290. The molecule has 204 valence electrons. The fourth-order valence-corrected chi connectivity index (χ4v) is 4.79. The first-order valence-corrected chi connectivity index (χ1v) is 13.2. The molecule has 0 spiro atoms. The van der Waals surface area contributed by atoms with Crippen LogP contribution in [-0.2, 0) is 19.0 Å². The molecule has 3 heterocycles. The highest BCUT2D eigenvalue weighted by Crippen LogP contribution is 2.41. The molecule has 1 saturated heterocycles. The quantitative estimate of drug-likeness (QED) is 0.315. The van der Waals surface area contributed by atoms with Crippen LogP contribution in [-0.4, -0.2) is 58.4 Å². The molecule has 1 aliphatic rings. The number of aromatic nitrogens is 3. The number of hydrogen-bond donors (Lipinski definition) is 0. The monoisotopic (exact) mass is 514 g/mol. The molecule has 9 nitrogen and oxygen atoms in total. The summed E-state index contributed by atoms with van der Waals surface area (Å²) in [5, 5.41) is 4.60. The van der Waals surface area contributed by atoms with Gasteiger partial charge in [-0.3, -0.25) is 0 Å². The standard InChI is InChI=1S/C28H42N4O5/c1-9-12-13-28(8)14-16-31(17-15-28)24-22(23(26(34)36-11-3)37-27(5,6)7)19(4)29-21-18-20(30-32(21)24)25(33)35-10-2/h9,18,23H,1,10-17H2,2-8H3/t23-/m0/s1. The molecule has 0 N–H and O–H groups in total. The lowest BCUT2D eigenvalue weighted by Crippen LogP contribution is -2.41. The summed E-state index contributed by atoms with van der Waals surface area (Å²) in [4.78, 5) is 32.7. The summed E-state index contributed by atoms with van der Waals surface area (Å²) < 4.78 is 18.6. The molecular formula is C28H42N4O5. The molecular weight excluding hydrogens is 472 g/mol. The third-order valence-corrected chi connectivity index (χ3v) is 6.75. The molecule has 37 heavy (non-hydrogen) atoms. The highest BCUT2D eigenvalue weighted by atomic mass is 16.6. The number of carbonyl (C=O) groups is 2. The second-order valence-electron chi connectivity index (χ2n) is 10.9. The smallest absolute Gasteiger partial charge is 0.358 e. The van der Waals surface area contributed by atoms with Crippen LogP contribution in [0.5, 0.6) is 0 Å². The Morgan fingerprint density at radius 3 is 2.41 bits per heavy atom. The van der Waals surface area contributed by atoms with Gasteiger partial charge in [0.1, 0.15) is 5.82 Å². The van der Waals surface area contributed by atoms with E-state index in [2.05, 4.69) is 23.5 Å². The molecule has 2 aromatic heterocycles. The SMILES string of the molecule is C=CCCC1(C)CCN(c2c([C@H](OC(C)(C)C)C(=O)OCC)c(C)nc3cc(C(=O)OCC)nn23)CC1. The Balaban J connectivity index is 2.18. The summed E-state index contributed by atoms with van der Waals surface area (Å²) in [6, 6.07) is 1.63. The first-order valence-electron chi connectivity index (χ1n) is 13.2. The van der Waals surface area contributed by atoms with Gasteiger partial charge in [0.25, 0.3) is 0 Å². The Hall–Kier alpha value is -2.94. The van der Waals surface area contributed by atoms with Crippen molar-refractivity contribution in [3.63, 3.8) is 0 Å². The van der Waals surface area contributed by atoms with E-state index in [1.807, 2.05) is 33.8 Å². The van der Waals surface area contributed by atoms with Crippen molar-refractivity contribution in [2.75, 3.05) is 31.2 Å². The molecule has 0 unspecified atom stereocenters. The fraction of sp³-hybridized carbons (Fsp3) is 0.643. The number of nitrogens with zero attached hydrogens (tertiary/aromatic N) is 4. The van der Waals surface area contributed by atoms with Crippen molar-refractivity contribution in [3.05, 3.63) is 35.7 Å². The predicted octanol–water partition coefficient (Wildman–Crippen LogP) is 5.21. The predicted molar refractivity (Wildman–Crippen MR) is 143 cm³/mol. The second kappa shape index (κ2) is 11.6. The number of piperidine rings is 1. The Kier molecular flexibility index (Phi) is 9.00. The van der Waals surface area contributed by atoms with E-state index in [1.54, 1.807) is 24.4 Å². The van der Waals surface area contributed by atoms with Gasteiger partial charge < -0.3 is 19.1 Å². The minimum atomic E-state index is -1.00. The lowest BCUT2D eigenvalue weighted by molar-refractivity contribution is -0.166. The number of fused-ring (bicyclic) bond motifs is 1. The highest BCUT2D eigenvalue weighted by Gasteiger charge is 2.38. The van der Waals surface area contributed by atoms with E-state index in [1.165, 1.54) is 0 Å². The van der Waals surface area contributed by atoms with Crippen LogP contribution in [0.2, 0.25) is 0 Å². The first kappa shape index (κ1) is 28.6. The Bertz CT molecular complexity index is 1130. The molecule has 0 radical (unpaired) electrons. The number of hydrogen-bond acceptors (Lipinski definition) is 8. The van der Waals surface area contributed by atoms with Gasteiger partial charge in [-0.2, -0.15) is 9.61 Å². The lowest BCUT2D eigenvalue weighted by Gasteiger charge is -2.41. The topological polar surface area (TPSA) is 95.3 Å². The van der Waals surface area contributed by atoms with E-state index < -0.39 is 23.6 Å². The third-order valence-electron chi connectivity index (χ3n) is 6.75. The van der Waals surface area contributed by atoms with Gasteiger partial charge in [0.15, 0.2) is 17.4 Å². The Morgan fingerprint density at radius 1 is 1.19 bits per heavy atom. The van der Waals surface area contributed by atoms with Crippen LogP contribution in [0.3, 0.4) is 0 Å². The number of allylic oxidation sites excluding steroid dienone is 1. The molecule has 0 aromatic carbocycles. The molecule has 1 fully saturated rings. The molecule has 0 amide bonds. The molecule has 0 saturated carbocycles. The largest absolute Gasteiger partial charge is 0.464 e. The van der Waals surface area contributed by atoms with Gasteiger partial charge in [0.05, 0.1) is 24.4 Å². The molecule has 9 heteroatoms. The van der Waals surface area contributed by atoms with Gasteiger partial charge in [-0.15, -0.1) is 6.58 Å². The molecule has 1 aliphatic heterocycles. The van der Waals surface area contributed by atoms with Crippen molar-refractivity contribution < 1.29 is 23.8 Å². The summed E-state index contributed by atoms with van der Waals surface area (Å²) in [6.45, 7) is 19.3. The van der Waals surface area contributed by atoms with E-state index in [9.17, 15) is 9.59 Å². The maximum absolute atomic E-state index is 13.3. The van der Waals surface area contributed by atoms with E-state index in [0.717, 1.165) is 38.8 Å². The minimum Gasteiger partial charge on any atom is -0.464 e. The fourth-order valence-electron chi connectivity index (χ4n) is 4.79. The molecule has 3 rings (SSSR count). The summed E-state index contributed by atoms with van der Waals surface area (Å²) in [7, 11) is 0. The van der Waals surface area contributed by atoms with E-state index in [-0.39, 0.29) is 24.3 Å². The number of aryl methyl sites for hydroxylation is 1. The molecule has 0 aliphatic carbocycles. The first-order chi connectivity index (χ1) is 17.4. The highest BCUT2D eigenvalue weighted by molar-refractivity contribution is 5.89. The van der Waals surface area contributed by atoms with Gasteiger partial charge in [-0.1, -0.05) is 13.0 Å². The van der Waals surface area contributed by atoms with Crippen molar-refractivity contribution in [2.24, 2.45) is 5.41 Å². The van der Waals surface area contributed by atoms with Gasteiger partial charge in [-0.05, 0) is 72.6 Å². The maximum atomic E-state index is 13.3. The number of ether oxygens (including phenoxy) is 3. The lowest BCUT2D eigenvalue weighted by atomic mass is 9.76. The van der Waals surface area contributed by atoms with Crippen LogP contribution in [0.4, 0.5) is 5.82 Å². The van der Waals surface area contributed by atoms with Gasteiger partial charge in [0.2, 0.25) is 0 Å². The number of esters is 2. The van der Waals surface area contributed by atoms with Gasteiger partial charge in [0, 0.05) is 24.8 Å². The van der Waals surface area contributed by atoms with Gasteiger partial charge >= 0.3 is 11.9 Å². The van der Waals surface area contributed by atoms with E-state index in [4.69, 9.17) is 19.2 Å². The Labute approximate surface area is 220 Å². The molecule has 2 aromatic rings. The minimum absolute atomic E-state index is 0.171. The zero-order chi connectivity index (χ0) is 27.4. The average Bonchev–Trinajstić information content (AvgIpc) is 3.25. The van der Waals surface area contributed by atoms with Crippen LogP contribution < -0.4 is 4.90 Å². The van der Waals surface area contributed by atoms with Crippen molar-refractivity contribution in [1.82, 2.24) is 14.6 Å². The summed E-state index contributed by atoms with van der Waals surface area (Å²) in [5.41, 5.74) is 1.49. The third kappa shape index (κ3) is 6.69. The number of rotatable bonds is 10. The van der Waals surface area contributed by atoms with Crippen LogP contribution in [0, 0.1) is 12.3 Å². The maximum Gasteiger partial charge on any atom is 0.358 e. The van der Waals surface area contributed by atoms with Crippen molar-refractivity contribution >= 4 is 23.4 Å². The van der Waals surface area contributed by atoms with Crippen molar-refractivity contribution in [3.8, 4) is 0 Å². The van der Waals surface area contributed by atoms with Crippen LogP contribution in [0.25, 0.3) is 5.65 Å². The van der Waals surface area contributed by atoms with Crippen molar-refractivity contribution in [1.29, 1.82) is 0 Å². The average molecular weight is 515 g/mol. The normalized spacial score (nSPS) is 16.5. The van der Waals surface area contributed by atoms with E-state index in [0.29, 0.717) is 22.7 Å². The zero-order valence-corrected chi connectivity index (χ0v) is 23.4. The number of anilines is 1.